The summed E-state index contributed by atoms with van der Waals surface area (Å²) < 4.78 is 11.6. The number of aryl methyl sites for hydroxylation is 1. The molecule has 7 heteroatoms. The predicted octanol–water partition coefficient (Wildman–Crippen LogP) is 1.66. The molecule has 1 fully saturated rings. The smallest absolute Gasteiger partial charge is 0.226 e. The van der Waals surface area contributed by atoms with Crippen molar-refractivity contribution < 1.29 is 14.3 Å². The Balaban J connectivity index is 1.29. The maximum Gasteiger partial charge on any atom is 0.226 e. The van der Waals surface area contributed by atoms with Gasteiger partial charge >= 0.3 is 0 Å². The first-order valence-electron chi connectivity index (χ1n) is 8.79. The minimum Gasteiger partial charge on any atom is -0.486 e. The molecule has 4 rings (SSSR count). The highest BCUT2D eigenvalue weighted by Gasteiger charge is 2.34. The van der Waals surface area contributed by atoms with Crippen LogP contribution in [-0.2, 0) is 4.79 Å². The minimum atomic E-state index is -0.251. The van der Waals surface area contributed by atoms with Crippen LogP contribution in [0.2, 0.25) is 0 Å². The number of ether oxygens (including phenoxy) is 2. The summed E-state index contributed by atoms with van der Waals surface area (Å²) in [6.07, 6.45) is 0.0603. The zero-order valence-electron chi connectivity index (χ0n) is 15.0. The molecule has 7 nitrogen and oxygen atoms in total. The van der Waals surface area contributed by atoms with Gasteiger partial charge in [0, 0.05) is 20.1 Å². The van der Waals surface area contributed by atoms with Crippen molar-refractivity contribution in [1.82, 2.24) is 15.1 Å². The second-order valence-electron chi connectivity index (χ2n) is 6.80. The lowest BCUT2D eigenvalue weighted by Gasteiger charge is -2.44. The van der Waals surface area contributed by atoms with Crippen LogP contribution in [0.15, 0.2) is 36.4 Å². The summed E-state index contributed by atoms with van der Waals surface area (Å²) in [4.78, 5) is 16.5. The molecule has 1 unspecified atom stereocenters. The van der Waals surface area contributed by atoms with Gasteiger partial charge in [-0.25, -0.2) is 0 Å². The monoisotopic (exact) mass is 354 g/mol. The molecule has 1 aromatic carbocycles. The van der Waals surface area contributed by atoms with Gasteiger partial charge in [-0.05, 0) is 31.2 Å². The van der Waals surface area contributed by atoms with Crippen LogP contribution in [0, 0.1) is 6.92 Å². The van der Waals surface area contributed by atoms with Crippen LogP contribution in [-0.4, -0.2) is 59.9 Å². The molecular formula is C19H22N4O3. The highest BCUT2D eigenvalue weighted by atomic mass is 16.6. The van der Waals surface area contributed by atoms with Crippen LogP contribution in [0.4, 0.5) is 5.82 Å². The Hall–Kier alpha value is -2.83. The maximum atomic E-state index is 12.6. The van der Waals surface area contributed by atoms with E-state index in [1.165, 1.54) is 0 Å². The Bertz CT molecular complexity index is 790. The van der Waals surface area contributed by atoms with Gasteiger partial charge in [-0.2, -0.15) is 5.10 Å². The number of carbonyl (C=O) groups is 1. The number of benzene rings is 1. The first-order valence-corrected chi connectivity index (χ1v) is 8.79. The highest BCUT2D eigenvalue weighted by molar-refractivity contribution is 5.77. The number of para-hydroxylation sites is 2. The summed E-state index contributed by atoms with van der Waals surface area (Å²) in [6, 6.07) is 11.6. The van der Waals surface area contributed by atoms with E-state index >= 15 is 0 Å². The number of aromatic nitrogens is 2. The number of carbonyl (C=O) groups excluding carboxylic acids is 1. The molecule has 1 atom stereocenters. The summed E-state index contributed by atoms with van der Waals surface area (Å²) in [6.45, 7) is 3.85. The molecule has 0 saturated carbocycles. The van der Waals surface area contributed by atoms with Crippen LogP contribution < -0.4 is 14.4 Å². The van der Waals surface area contributed by atoms with Gasteiger partial charge in [0.05, 0.1) is 18.2 Å². The second-order valence-corrected chi connectivity index (χ2v) is 6.80. The van der Waals surface area contributed by atoms with E-state index in [0.29, 0.717) is 18.8 Å². The quantitative estimate of drug-likeness (QED) is 0.832. The highest BCUT2D eigenvalue weighted by Crippen LogP contribution is 2.32. The minimum absolute atomic E-state index is 0.0672. The average Bonchev–Trinajstić information content (AvgIpc) is 2.62. The van der Waals surface area contributed by atoms with Crippen LogP contribution in [0.25, 0.3) is 0 Å². The Morgan fingerprint density at radius 2 is 1.96 bits per heavy atom. The SMILES string of the molecule is Cc1ccc(N2CC(N(C)C(=O)CC3COc4ccccc4O3)C2)nn1. The van der Waals surface area contributed by atoms with Crippen LogP contribution in [0.1, 0.15) is 12.1 Å². The van der Waals surface area contributed by atoms with Gasteiger partial charge in [-0.1, -0.05) is 12.1 Å². The molecule has 0 aliphatic carbocycles. The molecule has 2 aromatic rings. The lowest BCUT2D eigenvalue weighted by Crippen LogP contribution is -2.60. The van der Waals surface area contributed by atoms with Crippen molar-refractivity contribution in [3.05, 3.63) is 42.1 Å². The molecule has 0 spiro atoms. The second kappa shape index (κ2) is 6.82. The molecule has 0 bridgehead atoms. The van der Waals surface area contributed by atoms with Gasteiger partial charge in [0.1, 0.15) is 12.7 Å². The molecule has 26 heavy (non-hydrogen) atoms. The third-order valence-corrected chi connectivity index (χ3v) is 4.88. The fourth-order valence-corrected chi connectivity index (χ4v) is 3.15. The summed E-state index contributed by atoms with van der Waals surface area (Å²) in [5.74, 6) is 2.36. The van der Waals surface area contributed by atoms with Gasteiger partial charge in [0.25, 0.3) is 0 Å². The molecule has 136 valence electrons. The first kappa shape index (κ1) is 16.6. The zero-order chi connectivity index (χ0) is 18.1. The number of fused-ring (bicyclic) bond motifs is 1. The number of nitrogens with zero attached hydrogens (tertiary/aromatic N) is 4. The third kappa shape index (κ3) is 3.29. The topological polar surface area (TPSA) is 67.8 Å². The molecule has 1 aromatic heterocycles. The van der Waals surface area contributed by atoms with Crippen LogP contribution in [0.5, 0.6) is 11.5 Å². The number of likely N-dealkylation sites (N-methyl/N-ethyl adjacent to an activating group) is 1. The van der Waals surface area contributed by atoms with E-state index in [4.69, 9.17) is 9.47 Å². The largest absolute Gasteiger partial charge is 0.486 e. The lowest BCUT2D eigenvalue weighted by molar-refractivity contribution is -0.134. The number of hydrogen-bond donors (Lipinski definition) is 0. The summed E-state index contributed by atoms with van der Waals surface area (Å²) in [7, 11) is 1.85. The maximum absolute atomic E-state index is 12.6. The summed E-state index contributed by atoms with van der Waals surface area (Å²) in [5.41, 5.74) is 0.898. The van der Waals surface area contributed by atoms with Gasteiger partial charge in [-0.15, -0.1) is 5.10 Å². The van der Waals surface area contributed by atoms with Crippen molar-refractivity contribution in [3.63, 3.8) is 0 Å². The fourth-order valence-electron chi connectivity index (χ4n) is 3.15. The average molecular weight is 354 g/mol. The van der Waals surface area contributed by atoms with Crippen molar-refractivity contribution >= 4 is 11.7 Å². The van der Waals surface area contributed by atoms with E-state index in [9.17, 15) is 4.79 Å². The third-order valence-electron chi connectivity index (χ3n) is 4.88. The fraction of sp³-hybridized carbons (Fsp3) is 0.421. The Kier molecular flexibility index (Phi) is 4.36. The van der Waals surface area contributed by atoms with Crippen molar-refractivity contribution in [2.75, 3.05) is 31.6 Å². The van der Waals surface area contributed by atoms with Gasteiger partial charge in [0.15, 0.2) is 17.3 Å². The Labute approximate surface area is 152 Å². The normalized spacial score (nSPS) is 19.0. The van der Waals surface area contributed by atoms with Gasteiger partial charge in [0.2, 0.25) is 5.91 Å². The van der Waals surface area contributed by atoms with Crippen molar-refractivity contribution in [2.45, 2.75) is 25.5 Å². The van der Waals surface area contributed by atoms with E-state index in [1.807, 2.05) is 55.3 Å². The molecule has 0 radical (unpaired) electrons. The zero-order valence-corrected chi connectivity index (χ0v) is 15.0. The summed E-state index contributed by atoms with van der Waals surface area (Å²) >= 11 is 0. The van der Waals surface area contributed by atoms with Crippen molar-refractivity contribution in [3.8, 4) is 11.5 Å². The van der Waals surface area contributed by atoms with Gasteiger partial charge < -0.3 is 19.3 Å². The standard InChI is InChI=1S/C19H22N4O3/c1-13-7-8-18(21-20-13)23-10-14(11-23)22(2)19(24)9-15-12-25-16-5-3-4-6-17(16)26-15/h3-8,14-15H,9-12H2,1-2H3. The van der Waals surface area contributed by atoms with E-state index in [-0.39, 0.29) is 18.1 Å². The summed E-state index contributed by atoms with van der Waals surface area (Å²) in [5, 5.41) is 8.27. The lowest BCUT2D eigenvalue weighted by atomic mass is 10.1. The molecule has 2 aliphatic heterocycles. The molecule has 3 heterocycles. The molecule has 1 saturated heterocycles. The molecule has 0 N–H and O–H groups in total. The number of rotatable bonds is 4. The Morgan fingerprint density at radius 1 is 1.19 bits per heavy atom. The molecular weight excluding hydrogens is 332 g/mol. The van der Waals surface area contributed by atoms with Crippen molar-refractivity contribution in [1.29, 1.82) is 0 Å². The van der Waals surface area contributed by atoms with Crippen LogP contribution >= 0.6 is 0 Å². The van der Waals surface area contributed by atoms with E-state index in [1.54, 1.807) is 0 Å². The Morgan fingerprint density at radius 3 is 2.69 bits per heavy atom. The van der Waals surface area contributed by atoms with Crippen LogP contribution in [0.3, 0.4) is 0 Å². The predicted molar refractivity (Wildman–Crippen MR) is 96.5 cm³/mol. The number of amides is 1. The molecule has 1 amide bonds. The van der Waals surface area contributed by atoms with E-state index in [0.717, 1.165) is 30.4 Å². The van der Waals surface area contributed by atoms with E-state index < -0.39 is 0 Å². The van der Waals surface area contributed by atoms with E-state index in [2.05, 4.69) is 15.1 Å². The molecule has 2 aliphatic rings. The van der Waals surface area contributed by atoms with Crippen molar-refractivity contribution in [2.24, 2.45) is 0 Å². The number of anilines is 1. The van der Waals surface area contributed by atoms with Gasteiger partial charge in [-0.3, -0.25) is 4.79 Å². The first-order chi connectivity index (χ1) is 12.6. The number of hydrogen-bond acceptors (Lipinski definition) is 6.